The van der Waals surface area contributed by atoms with E-state index in [2.05, 4.69) is 25.0 Å². The summed E-state index contributed by atoms with van der Waals surface area (Å²) in [6.07, 6.45) is -0.963. The molecule has 0 unspecified atom stereocenters. The molecule has 0 aliphatic heterocycles. The van der Waals surface area contributed by atoms with Gasteiger partial charge in [-0.1, -0.05) is 50.0 Å². The fourth-order valence-corrected chi connectivity index (χ4v) is 2.65. The smallest absolute Gasteiger partial charge is 0.407 e. The van der Waals surface area contributed by atoms with Gasteiger partial charge in [0.2, 0.25) is 0 Å². The van der Waals surface area contributed by atoms with Crippen molar-refractivity contribution in [2.75, 3.05) is 13.2 Å². The lowest BCUT2D eigenvalue weighted by Gasteiger charge is -2.16. The molecule has 0 aromatic heterocycles. The molecule has 140 valence electrons. The predicted molar refractivity (Wildman–Crippen MR) is 99.0 cm³/mol. The first-order chi connectivity index (χ1) is 11.8. The van der Waals surface area contributed by atoms with E-state index in [1.165, 1.54) is 0 Å². The lowest BCUT2D eigenvalue weighted by molar-refractivity contribution is -0.153. The van der Waals surface area contributed by atoms with E-state index in [4.69, 9.17) is 9.47 Å². The van der Waals surface area contributed by atoms with Gasteiger partial charge in [0, 0.05) is 14.6 Å². The van der Waals surface area contributed by atoms with Crippen LogP contribution < -0.4 is 5.32 Å². The van der Waals surface area contributed by atoms with Gasteiger partial charge in [0.25, 0.3) is 0 Å². The van der Waals surface area contributed by atoms with Crippen LogP contribution in [0.1, 0.15) is 18.4 Å². The monoisotopic (exact) mass is 367 g/mol. The zero-order valence-corrected chi connectivity index (χ0v) is 16.3. The molecule has 0 heterocycles. The van der Waals surface area contributed by atoms with E-state index in [0.29, 0.717) is 19.6 Å². The van der Waals surface area contributed by atoms with Crippen molar-refractivity contribution in [2.24, 2.45) is 0 Å². The van der Waals surface area contributed by atoms with E-state index in [-0.39, 0.29) is 13.0 Å². The molecule has 1 amide bonds. The number of aliphatic hydroxyl groups excluding tert-OH is 1. The van der Waals surface area contributed by atoms with Gasteiger partial charge in [-0.05, 0) is 24.4 Å². The van der Waals surface area contributed by atoms with Crippen LogP contribution in [-0.4, -0.2) is 44.5 Å². The van der Waals surface area contributed by atoms with Gasteiger partial charge in [0.05, 0.1) is 6.61 Å². The van der Waals surface area contributed by atoms with Crippen LogP contribution in [0.4, 0.5) is 4.79 Å². The summed E-state index contributed by atoms with van der Waals surface area (Å²) in [5, 5.41) is 12.3. The Bertz CT molecular complexity index is 530. The van der Waals surface area contributed by atoms with Gasteiger partial charge in [0.1, 0.15) is 6.61 Å². The number of ether oxygens (including phenoxy) is 2. The Morgan fingerprint density at radius 2 is 1.84 bits per heavy atom. The summed E-state index contributed by atoms with van der Waals surface area (Å²) in [5.74, 6) is -0.593. The molecule has 0 aliphatic carbocycles. The number of hydrogen-bond acceptors (Lipinski definition) is 5. The van der Waals surface area contributed by atoms with Crippen LogP contribution in [0.15, 0.2) is 30.3 Å². The summed E-state index contributed by atoms with van der Waals surface area (Å²) in [4.78, 5) is 23.2. The molecule has 0 aliphatic rings. The molecule has 6 nitrogen and oxygen atoms in total. The van der Waals surface area contributed by atoms with Crippen LogP contribution in [0.5, 0.6) is 0 Å². The van der Waals surface area contributed by atoms with E-state index in [0.717, 1.165) is 11.6 Å². The van der Waals surface area contributed by atoms with Crippen LogP contribution in [-0.2, 0) is 20.9 Å². The van der Waals surface area contributed by atoms with Crippen LogP contribution in [0, 0.1) is 0 Å². The molecular formula is C18H29NO5Si. The summed E-state index contributed by atoms with van der Waals surface area (Å²) in [6, 6.07) is 10.3. The summed E-state index contributed by atoms with van der Waals surface area (Å²) in [6.45, 7) is 7.47. The minimum Gasteiger partial charge on any atom is -0.464 e. The van der Waals surface area contributed by atoms with Gasteiger partial charge >= 0.3 is 12.1 Å². The minimum atomic E-state index is -1.26. The Hall–Kier alpha value is -1.86. The number of rotatable bonds is 10. The Balaban J connectivity index is 2.09. The highest BCUT2D eigenvalue weighted by Gasteiger charge is 2.18. The average Bonchev–Trinajstić information content (AvgIpc) is 2.56. The summed E-state index contributed by atoms with van der Waals surface area (Å²) in [7, 11) is -1.26. The second-order valence-electron chi connectivity index (χ2n) is 7.12. The fraction of sp³-hybridized carbons (Fsp3) is 0.556. The maximum atomic E-state index is 11.6. The molecule has 7 heteroatoms. The quantitative estimate of drug-likeness (QED) is 0.377. The van der Waals surface area contributed by atoms with Gasteiger partial charge in [0.15, 0.2) is 6.10 Å². The second kappa shape index (κ2) is 10.9. The van der Waals surface area contributed by atoms with Crippen LogP contribution >= 0.6 is 0 Å². The molecule has 1 rings (SSSR count). The maximum absolute atomic E-state index is 11.6. The second-order valence-corrected chi connectivity index (χ2v) is 12.7. The highest BCUT2D eigenvalue weighted by molar-refractivity contribution is 6.76. The van der Waals surface area contributed by atoms with Gasteiger partial charge < -0.3 is 19.9 Å². The highest BCUT2D eigenvalue weighted by Crippen LogP contribution is 2.08. The first kappa shape index (κ1) is 21.2. The number of hydrogen-bond donors (Lipinski definition) is 2. The first-order valence-electron chi connectivity index (χ1n) is 8.57. The normalized spacial score (nSPS) is 12.3. The van der Waals surface area contributed by atoms with Crippen molar-refractivity contribution in [2.45, 2.75) is 51.2 Å². The van der Waals surface area contributed by atoms with Crippen molar-refractivity contribution < 1.29 is 24.2 Å². The number of esters is 1. The maximum Gasteiger partial charge on any atom is 0.407 e. The third kappa shape index (κ3) is 10.6. The van der Waals surface area contributed by atoms with Crippen LogP contribution in [0.2, 0.25) is 25.7 Å². The first-order valence-corrected chi connectivity index (χ1v) is 12.3. The van der Waals surface area contributed by atoms with Crippen LogP contribution in [0.3, 0.4) is 0 Å². The minimum absolute atomic E-state index is 0.207. The molecule has 2 N–H and O–H groups in total. The van der Waals surface area contributed by atoms with E-state index < -0.39 is 26.2 Å². The summed E-state index contributed by atoms with van der Waals surface area (Å²) in [5.41, 5.74) is 0.911. The molecule has 0 spiro atoms. The molecule has 0 bridgehead atoms. The van der Waals surface area contributed by atoms with Gasteiger partial charge in [-0.2, -0.15) is 0 Å². The standard InChI is InChI=1S/C18H29NO5Si/c1-25(2,3)13-12-23-17(21)16(20)10-7-11-19-18(22)24-14-15-8-5-4-6-9-15/h4-6,8-9,16,20H,7,10-14H2,1-3H3,(H,19,22)/t16-/m0/s1. The molecule has 1 aromatic carbocycles. The molecule has 1 aromatic rings. The van der Waals surface area contributed by atoms with Crippen molar-refractivity contribution in [1.29, 1.82) is 0 Å². The molecule has 25 heavy (non-hydrogen) atoms. The SMILES string of the molecule is C[Si](C)(C)CCOC(=O)[C@@H](O)CCCNC(=O)OCc1ccccc1. The van der Waals surface area contributed by atoms with Gasteiger partial charge in [-0.3, -0.25) is 0 Å². The number of amides is 1. The summed E-state index contributed by atoms with van der Waals surface area (Å²) >= 11 is 0. The number of alkyl carbamates (subject to hydrolysis) is 1. The third-order valence-corrected chi connectivity index (χ3v) is 5.21. The number of aliphatic hydroxyl groups is 1. The lowest BCUT2D eigenvalue weighted by atomic mass is 10.2. The van der Waals surface area contributed by atoms with Crippen molar-refractivity contribution in [3.63, 3.8) is 0 Å². The number of carbonyl (C=O) groups is 2. The topological polar surface area (TPSA) is 84.9 Å². The molecule has 0 fully saturated rings. The van der Waals surface area contributed by atoms with E-state index >= 15 is 0 Å². The molecular weight excluding hydrogens is 338 g/mol. The predicted octanol–water partition coefficient (Wildman–Crippen LogP) is 2.94. The fourth-order valence-electron chi connectivity index (χ4n) is 1.93. The highest BCUT2D eigenvalue weighted by atomic mass is 28.3. The zero-order valence-electron chi connectivity index (χ0n) is 15.3. The van der Waals surface area contributed by atoms with Crippen molar-refractivity contribution >= 4 is 20.1 Å². The Labute approximate surface area is 150 Å². The van der Waals surface area contributed by atoms with E-state index in [1.807, 2.05) is 30.3 Å². The van der Waals surface area contributed by atoms with Crippen molar-refractivity contribution in [3.05, 3.63) is 35.9 Å². The summed E-state index contributed by atoms with van der Waals surface area (Å²) < 4.78 is 10.1. The average molecular weight is 368 g/mol. The van der Waals surface area contributed by atoms with Crippen LogP contribution in [0.25, 0.3) is 0 Å². The van der Waals surface area contributed by atoms with Crippen molar-refractivity contribution in [1.82, 2.24) is 5.32 Å². The van der Waals surface area contributed by atoms with Crippen molar-refractivity contribution in [3.8, 4) is 0 Å². The molecule has 1 atom stereocenters. The Morgan fingerprint density at radius 3 is 2.48 bits per heavy atom. The molecule has 0 radical (unpaired) electrons. The Morgan fingerprint density at radius 1 is 1.16 bits per heavy atom. The Kier molecular flexibility index (Phi) is 9.23. The molecule has 0 saturated carbocycles. The largest absolute Gasteiger partial charge is 0.464 e. The van der Waals surface area contributed by atoms with Gasteiger partial charge in [-0.25, -0.2) is 9.59 Å². The number of benzene rings is 1. The van der Waals surface area contributed by atoms with E-state index in [9.17, 15) is 14.7 Å². The zero-order chi connectivity index (χ0) is 18.7. The number of carbonyl (C=O) groups excluding carboxylic acids is 2. The van der Waals surface area contributed by atoms with E-state index in [1.54, 1.807) is 0 Å². The number of nitrogens with one attached hydrogen (secondary N) is 1. The third-order valence-electron chi connectivity index (χ3n) is 3.50. The molecule has 0 saturated heterocycles. The van der Waals surface area contributed by atoms with Gasteiger partial charge in [-0.15, -0.1) is 0 Å². The lowest BCUT2D eigenvalue weighted by Crippen LogP contribution is -2.29.